The van der Waals surface area contributed by atoms with Crippen LogP contribution < -0.4 is 15.6 Å². The van der Waals surface area contributed by atoms with Crippen molar-refractivity contribution in [2.75, 3.05) is 12.4 Å². The van der Waals surface area contributed by atoms with Gasteiger partial charge in [-0.05, 0) is 24.1 Å². The summed E-state index contributed by atoms with van der Waals surface area (Å²) < 4.78 is 6.48. The Hall–Kier alpha value is -2.63. The van der Waals surface area contributed by atoms with Gasteiger partial charge in [-0.1, -0.05) is 19.1 Å². The third-order valence-electron chi connectivity index (χ3n) is 3.50. The van der Waals surface area contributed by atoms with Crippen molar-refractivity contribution in [2.45, 2.75) is 19.3 Å². The molecular weight excluding hydrogens is 282 g/mol. The van der Waals surface area contributed by atoms with Gasteiger partial charge in [-0.15, -0.1) is 0 Å². The molecule has 6 nitrogen and oxygen atoms in total. The van der Waals surface area contributed by atoms with Gasteiger partial charge in [0.1, 0.15) is 5.75 Å². The standard InChI is InChI=1S/C16H19N3O3/c1-4-13(11-5-7-12(22-3)8-6-11)15(20)18-14-16(21)19(2)10-9-17-14/h5-10,13H,4H2,1-3H3,(H,17,18,20)/t13-/m0/s1. The molecular formula is C16H19N3O3. The Bertz CT molecular complexity index is 707. The highest BCUT2D eigenvalue weighted by atomic mass is 16.5. The fourth-order valence-electron chi connectivity index (χ4n) is 2.20. The number of anilines is 1. The molecule has 116 valence electrons. The first-order valence-corrected chi connectivity index (χ1v) is 7.03. The van der Waals surface area contributed by atoms with E-state index in [1.54, 1.807) is 20.4 Å². The molecule has 0 fully saturated rings. The Morgan fingerprint density at radius 3 is 2.64 bits per heavy atom. The lowest BCUT2D eigenvalue weighted by atomic mass is 9.95. The van der Waals surface area contributed by atoms with E-state index in [0.29, 0.717) is 6.42 Å². The Kier molecular flexibility index (Phi) is 4.93. The largest absolute Gasteiger partial charge is 0.497 e. The van der Waals surface area contributed by atoms with Crippen molar-refractivity contribution < 1.29 is 9.53 Å². The van der Waals surface area contributed by atoms with Crippen LogP contribution in [0.5, 0.6) is 5.75 Å². The predicted molar refractivity (Wildman–Crippen MR) is 84.1 cm³/mol. The first-order chi connectivity index (χ1) is 10.6. The van der Waals surface area contributed by atoms with Crippen LogP contribution in [0.25, 0.3) is 0 Å². The molecule has 0 spiro atoms. The molecule has 1 heterocycles. The van der Waals surface area contributed by atoms with Crippen LogP contribution in [0.3, 0.4) is 0 Å². The maximum atomic E-state index is 12.4. The van der Waals surface area contributed by atoms with Crippen molar-refractivity contribution in [3.8, 4) is 5.75 Å². The molecule has 0 aliphatic heterocycles. The molecule has 0 aliphatic rings. The quantitative estimate of drug-likeness (QED) is 0.915. The van der Waals surface area contributed by atoms with Gasteiger partial charge in [-0.25, -0.2) is 4.98 Å². The second kappa shape index (κ2) is 6.89. The number of nitrogens with one attached hydrogen (secondary N) is 1. The number of amides is 1. The molecule has 2 aromatic rings. The van der Waals surface area contributed by atoms with E-state index in [-0.39, 0.29) is 23.2 Å². The van der Waals surface area contributed by atoms with E-state index in [2.05, 4.69) is 10.3 Å². The number of benzene rings is 1. The van der Waals surface area contributed by atoms with Crippen molar-refractivity contribution in [1.29, 1.82) is 0 Å². The lowest BCUT2D eigenvalue weighted by molar-refractivity contribution is -0.117. The third kappa shape index (κ3) is 3.33. The van der Waals surface area contributed by atoms with Crippen molar-refractivity contribution >= 4 is 11.7 Å². The molecule has 1 N–H and O–H groups in total. The maximum absolute atomic E-state index is 12.4. The van der Waals surface area contributed by atoms with Gasteiger partial charge in [0, 0.05) is 19.4 Å². The monoisotopic (exact) mass is 301 g/mol. The smallest absolute Gasteiger partial charge is 0.293 e. The van der Waals surface area contributed by atoms with Crippen molar-refractivity contribution in [3.63, 3.8) is 0 Å². The highest BCUT2D eigenvalue weighted by Gasteiger charge is 2.20. The minimum absolute atomic E-state index is 0.0435. The number of aromatic nitrogens is 2. The third-order valence-corrected chi connectivity index (χ3v) is 3.50. The van der Waals surface area contributed by atoms with Gasteiger partial charge in [0.15, 0.2) is 5.82 Å². The maximum Gasteiger partial charge on any atom is 0.293 e. The predicted octanol–water partition coefficient (Wildman–Crippen LogP) is 1.92. The van der Waals surface area contributed by atoms with E-state index >= 15 is 0 Å². The molecule has 0 saturated heterocycles. The number of hydrogen-bond donors (Lipinski definition) is 1. The summed E-state index contributed by atoms with van der Waals surface area (Å²) in [7, 11) is 3.20. The van der Waals surface area contributed by atoms with Crippen LogP contribution in [0.15, 0.2) is 41.5 Å². The zero-order valence-electron chi connectivity index (χ0n) is 12.9. The Morgan fingerprint density at radius 2 is 2.05 bits per heavy atom. The Labute approximate surface area is 128 Å². The first kappa shape index (κ1) is 15.8. The average Bonchev–Trinajstić information content (AvgIpc) is 2.53. The molecule has 0 radical (unpaired) electrons. The molecule has 0 unspecified atom stereocenters. The summed E-state index contributed by atoms with van der Waals surface area (Å²) in [5, 5.41) is 2.61. The van der Waals surface area contributed by atoms with E-state index in [9.17, 15) is 9.59 Å². The number of carbonyl (C=O) groups excluding carboxylic acids is 1. The number of hydrogen-bond acceptors (Lipinski definition) is 4. The number of nitrogens with zero attached hydrogens (tertiary/aromatic N) is 2. The summed E-state index contributed by atoms with van der Waals surface area (Å²) in [4.78, 5) is 28.3. The van der Waals surface area contributed by atoms with Crippen LogP contribution in [0, 0.1) is 0 Å². The highest BCUT2D eigenvalue weighted by molar-refractivity contribution is 5.94. The number of methoxy groups -OCH3 is 1. The Balaban J connectivity index is 2.21. The van der Waals surface area contributed by atoms with Gasteiger partial charge in [-0.3, -0.25) is 9.59 Å². The van der Waals surface area contributed by atoms with Gasteiger partial charge >= 0.3 is 0 Å². The van der Waals surface area contributed by atoms with Crippen LogP contribution in [0.4, 0.5) is 5.82 Å². The normalized spacial score (nSPS) is 11.8. The first-order valence-electron chi connectivity index (χ1n) is 7.03. The second-order valence-corrected chi connectivity index (χ2v) is 4.92. The topological polar surface area (TPSA) is 73.2 Å². The van der Waals surface area contributed by atoms with Crippen LogP contribution in [0.2, 0.25) is 0 Å². The van der Waals surface area contributed by atoms with Crippen molar-refractivity contribution in [2.24, 2.45) is 7.05 Å². The summed E-state index contributed by atoms with van der Waals surface area (Å²) in [6.07, 6.45) is 3.63. The van der Waals surface area contributed by atoms with Crippen LogP contribution in [-0.2, 0) is 11.8 Å². The van der Waals surface area contributed by atoms with Gasteiger partial charge in [0.25, 0.3) is 5.56 Å². The summed E-state index contributed by atoms with van der Waals surface area (Å²) in [6, 6.07) is 7.32. The zero-order chi connectivity index (χ0) is 16.1. The summed E-state index contributed by atoms with van der Waals surface area (Å²) in [5.74, 6) is 0.181. The molecule has 2 rings (SSSR count). The lowest BCUT2D eigenvalue weighted by Gasteiger charge is -2.15. The molecule has 0 aliphatic carbocycles. The molecule has 22 heavy (non-hydrogen) atoms. The summed E-state index contributed by atoms with van der Waals surface area (Å²) in [5.41, 5.74) is 0.536. The van der Waals surface area contributed by atoms with Crippen LogP contribution in [-0.4, -0.2) is 22.6 Å². The SMILES string of the molecule is CC[C@H](C(=O)Nc1nccn(C)c1=O)c1ccc(OC)cc1. The molecule has 1 amide bonds. The summed E-state index contributed by atoms with van der Waals surface area (Å²) >= 11 is 0. The van der Waals surface area contributed by atoms with Gasteiger partial charge in [0.2, 0.25) is 5.91 Å². The van der Waals surface area contributed by atoms with E-state index in [1.165, 1.54) is 10.8 Å². The zero-order valence-corrected chi connectivity index (χ0v) is 12.9. The van der Waals surface area contributed by atoms with Crippen molar-refractivity contribution in [1.82, 2.24) is 9.55 Å². The number of ether oxygens (including phenoxy) is 1. The summed E-state index contributed by atoms with van der Waals surface area (Å²) in [6.45, 7) is 1.92. The lowest BCUT2D eigenvalue weighted by Crippen LogP contribution is -2.28. The molecule has 1 aromatic heterocycles. The van der Waals surface area contributed by atoms with E-state index in [4.69, 9.17) is 4.74 Å². The van der Waals surface area contributed by atoms with Gasteiger partial charge in [-0.2, -0.15) is 0 Å². The molecule has 6 heteroatoms. The van der Waals surface area contributed by atoms with Gasteiger partial charge < -0.3 is 14.6 Å². The average molecular weight is 301 g/mol. The van der Waals surface area contributed by atoms with Crippen LogP contribution >= 0.6 is 0 Å². The molecule has 1 aromatic carbocycles. The fraction of sp³-hybridized carbons (Fsp3) is 0.312. The van der Waals surface area contributed by atoms with Gasteiger partial charge in [0.05, 0.1) is 13.0 Å². The van der Waals surface area contributed by atoms with Crippen molar-refractivity contribution in [3.05, 3.63) is 52.6 Å². The Morgan fingerprint density at radius 1 is 1.36 bits per heavy atom. The van der Waals surface area contributed by atoms with Crippen LogP contribution in [0.1, 0.15) is 24.8 Å². The fourth-order valence-corrected chi connectivity index (χ4v) is 2.20. The molecule has 0 saturated carbocycles. The minimum Gasteiger partial charge on any atom is -0.497 e. The number of carbonyl (C=O) groups is 1. The minimum atomic E-state index is -0.349. The molecule has 1 atom stereocenters. The second-order valence-electron chi connectivity index (χ2n) is 4.92. The van der Waals surface area contributed by atoms with E-state index < -0.39 is 0 Å². The molecule has 0 bridgehead atoms. The van der Waals surface area contributed by atoms with E-state index in [1.807, 2.05) is 31.2 Å². The number of aryl methyl sites for hydroxylation is 1. The highest BCUT2D eigenvalue weighted by Crippen LogP contribution is 2.23. The number of rotatable bonds is 5. The van der Waals surface area contributed by atoms with E-state index in [0.717, 1.165) is 11.3 Å².